The lowest BCUT2D eigenvalue weighted by molar-refractivity contribution is 0.0634. The van der Waals surface area contributed by atoms with Gasteiger partial charge in [-0.3, -0.25) is 14.8 Å². The van der Waals surface area contributed by atoms with Crippen molar-refractivity contribution in [2.24, 2.45) is 0 Å². The highest BCUT2D eigenvalue weighted by Gasteiger charge is 2.26. The minimum atomic E-state index is -2.74. The van der Waals surface area contributed by atoms with Crippen molar-refractivity contribution in [1.29, 1.82) is 0 Å². The van der Waals surface area contributed by atoms with E-state index in [9.17, 15) is 14.0 Å². The predicted octanol–water partition coefficient (Wildman–Crippen LogP) is 6.64. The zero-order chi connectivity index (χ0) is 35.5. The lowest BCUT2D eigenvalue weighted by Crippen LogP contribution is -2.27. The van der Waals surface area contributed by atoms with E-state index < -0.39 is 30.4 Å². The van der Waals surface area contributed by atoms with Gasteiger partial charge in [-0.25, -0.2) is 19.2 Å². The first-order chi connectivity index (χ1) is 23.1. The highest BCUT2D eigenvalue weighted by molar-refractivity contribution is 6.29. The summed E-state index contributed by atoms with van der Waals surface area (Å²) in [5, 5.41) is 12.4. The van der Waals surface area contributed by atoms with Gasteiger partial charge >= 0.3 is 6.09 Å². The molecule has 12 nitrogen and oxygen atoms in total. The number of carbonyl (C=O) groups is 2. The number of ether oxygens (including phenoxy) is 3. The molecule has 2 amide bonds. The number of anilines is 3. The molecule has 0 aliphatic heterocycles. The average molecular weight is 655 g/mol. The van der Waals surface area contributed by atoms with E-state index in [4.69, 9.17) is 35.0 Å². The molecule has 14 heteroatoms. The number of rotatable bonds is 11. The van der Waals surface area contributed by atoms with Crippen molar-refractivity contribution in [3.8, 4) is 17.0 Å². The number of nitrogens with zero attached hydrogens (tertiary/aromatic N) is 4. The van der Waals surface area contributed by atoms with Crippen molar-refractivity contribution in [1.82, 2.24) is 25.1 Å². The van der Waals surface area contributed by atoms with Gasteiger partial charge in [0.25, 0.3) is 5.91 Å². The monoisotopic (exact) mass is 654 g/mol. The molecule has 1 aliphatic carbocycles. The van der Waals surface area contributed by atoms with E-state index in [1.807, 2.05) is 28.3 Å². The molecule has 3 heterocycles. The summed E-state index contributed by atoms with van der Waals surface area (Å²) in [7, 11) is 1.48. The number of hydrogen-bond acceptors (Lipinski definition) is 9. The summed E-state index contributed by atoms with van der Waals surface area (Å²) in [6.07, 6.45) is 4.37. The minimum absolute atomic E-state index is 0.0245. The summed E-state index contributed by atoms with van der Waals surface area (Å²) in [6, 6.07) is 9.56. The van der Waals surface area contributed by atoms with Crippen molar-refractivity contribution in [3.05, 3.63) is 76.6 Å². The van der Waals surface area contributed by atoms with Crippen LogP contribution in [-0.4, -0.2) is 51.4 Å². The number of aromatic nitrogens is 4. The molecule has 0 unspecified atom stereocenters. The molecule has 0 spiro atoms. The fourth-order valence-electron chi connectivity index (χ4n) is 4.55. The Balaban J connectivity index is 1.44. The molecule has 0 bridgehead atoms. The third-order valence-electron chi connectivity index (χ3n) is 6.71. The van der Waals surface area contributed by atoms with Crippen LogP contribution in [0.15, 0.2) is 48.8 Å². The molecule has 4 aromatic rings. The van der Waals surface area contributed by atoms with Gasteiger partial charge in [0.1, 0.15) is 28.1 Å². The quantitative estimate of drug-likeness (QED) is 0.152. The van der Waals surface area contributed by atoms with E-state index in [0.29, 0.717) is 34.3 Å². The molecule has 0 radical (unpaired) electrons. The number of pyridine rings is 2. The second kappa shape index (κ2) is 13.7. The maximum atomic E-state index is 14.7. The van der Waals surface area contributed by atoms with Gasteiger partial charge in [0.05, 0.1) is 49.0 Å². The third kappa shape index (κ3) is 8.09. The maximum Gasteiger partial charge on any atom is 0.413 e. The van der Waals surface area contributed by atoms with E-state index in [1.54, 1.807) is 26.8 Å². The van der Waals surface area contributed by atoms with E-state index in [-0.39, 0.29) is 41.1 Å². The van der Waals surface area contributed by atoms with Crippen LogP contribution in [0.4, 0.5) is 26.4 Å². The van der Waals surface area contributed by atoms with Gasteiger partial charge in [0.2, 0.25) is 0 Å². The Labute approximate surface area is 274 Å². The predicted molar refractivity (Wildman–Crippen MR) is 171 cm³/mol. The Hall–Kier alpha value is -4.75. The molecular formula is C32H35ClFN7O5. The van der Waals surface area contributed by atoms with Crippen molar-refractivity contribution in [2.75, 3.05) is 24.7 Å². The summed E-state index contributed by atoms with van der Waals surface area (Å²) in [5.74, 6) is -1.07. The number of halogens is 2. The fourth-order valence-corrected chi connectivity index (χ4v) is 4.71. The summed E-state index contributed by atoms with van der Waals surface area (Å²) in [6.45, 7) is 2.15. The Bertz CT molecular complexity index is 1860. The van der Waals surface area contributed by atoms with Crippen LogP contribution >= 0.6 is 11.6 Å². The first-order valence-corrected chi connectivity index (χ1v) is 14.7. The van der Waals surface area contributed by atoms with Crippen LogP contribution < -0.4 is 20.7 Å². The van der Waals surface area contributed by atoms with Crippen LogP contribution in [0.1, 0.15) is 65.4 Å². The van der Waals surface area contributed by atoms with Crippen LogP contribution in [0.5, 0.6) is 5.75 Å². The Morgan fingerprint density at radius 2 is 1.96 bits per heavy atom. The van der Waals surface area contributed by atoms with Gasteiger partial charge < -0.3 is 24.8 Å². The van der Waals surface area contributed by atoms with Gasteiger partial charge in [-0.1, -0.05) is 11.6 Å². The summed E-state index contributed by atoms with van der Waals surface area (Å²) >= 11 is 6.17. The second-order valence-electron chi connectivity index (χ2n) is 11.5. The SMILES string of the molecule is [2H]C([2H])([2H])NC(=O)c1cnc(Cl)cc1Nc1cc(COCc2nc(NC(=O)OC(C)(C)C)ccc2F)cc(-c2ccn(C3CC3)n2)c1OC. The van der Waals surface area contributed by atoms with Crippen LogP contribution in [0.25, 0.3) is 11.3 Å². The van der Waals surface area contributed by atoms with E-state index in [2.05, 4.69) is 20.6 Å². The fraction of sp³-hybridized carbons (Fsp3) is 0.344. The summed E-state index contributed by atoms with van der Waals surface area (Å²) in [4.78, 5) is 33.2. The van der Waals surface area contributed by atoms with Gasteiger partial charge in [-0.05, 0) is 75.6 Å². The lowest BCUT2D eigenvalue weighted by atomic mass is 10.0. The van der Waals surface area contributed by atoms with Gasteiger partial charge in [0, 0.05) is 29.0 Å². The number of carbonyl (C=O) groups excluding carboxylic acids is 2. The largest absolute Gasteiger partial charge is 0.494 e. The normalized spacial score (nSPS) is 14.1. The zero-order valence-corrected chi connectivity index (χ0v) is 26.4. The second-order valence-corrected chi connectivity index (χ2v) is 11.9. The zero-order valence-electron chi connectivity index (χ0n) is 28.6. The Morgan fingerprint density at radius 3 is 2.67 bits per heavy atom. The molecule has 3 aromatic heterocycles. The molecule has 46 heavy (non-hydrogen) atoms. The molecule has 1 aliphatic rings. The summed E-state index contributed by atoms with van der Waals surface area (Å²) < 4.78 is 55.9. The number of methoxy groups -OCH3 is 1. The molecule has 0 atom stereocenters. The lowest BCUT2D eigenvalue weighted by Gasteiger charge is -2.19. The van der Waals surface area contributed by atoms with Gasteiger partial charge in [-0.2, -0.15) is 5.10 Å². The molecule has 1 saturated carbocycles. The molecule has 1 fully saturated rings. The molecular weight excluding hydrogens is 617 g/mol. The maximum absolute atomic E-state index is 14.7. The first-order valence-electron chi connectivity index (χ1n) is 15.8. The highest BCUT2D eigenvalue weighted by Crippen LogP contribution is 2.41. The first kappa shape index (κ1) is 28.7. The van der Waals surface area contributed by atoms with Crippen LogP contribution in [0.3, 0.4) is 0 Å². The highest BCUT2D eigenvalue weighted by atomic mass is 35.5. The number of nitrogens with one attached hydrogen (secondary N) is 3. The topological polar surface area (TPSA) is 142 Å². The van der Waals surface area contributed by atoms with Crippen LogP contribution in [-0.2, 0) is 22.7 Å². The smallest absolute Gasteiger partial charge is 0.413 e. The van der Waals surface area contributed by atoms with Crippen molar-refractivity contribution in [2.45, 2.75) is 58.5 Å². The minimum Gasteiger partial charge on any atom is -0.494 e. The average Bonchev–Trinajstić information content (AvgIpc) is 3.73. The standard InChI is InChI=1S/C32H35ClFN7O5/c1-32(2,3)46-31(43)39-28-9-8-22(34)26(38-28)17-45-16-18-12-20(23-10-11-41(40-23)19-6-7-19)29(44-5)25(13-18)37-24-14-27(33)36-15-21(24)30(42)35-4/h8-15,19H,6-7,16-17H2,1-5H3,(H,35,42)(H,36,37)(H,38,39,43)/i4D3. The van der Waals surface area contributed by atoms with Crippen molar-refractivity contribution < 1.29 is 32.3 Å². The number of amides is 2. The van der Waals surface area contributed by atoms with E-state index in [1.165, 1.54) is 25.3 Å². The van der Waals surface area contributed by atoms with Crippen molar-refractivity contribution in [3.63, 3.8) is 0 Å². The summed E-state index contributed by atoms with van der Waals surface area (Å²) in [5.41, 5.74) is 1.49. The van der Waals surface area contributed by atoms with E-state index >= 15 is 0 Å². The molecule has 3 N–H and O–H groups in total. The Kier molecular flexibility index (Phi) is 8.56. The van der Waals surface area contributed by atoms with E-state index in [0.717, 1.165) is 19.0 Å². The molecule has 242 valence electrons. The van der Waals surface area contributed by atoms with Gasteiger partial charge in [0.15, 0.2) is 5.75 Å². The number of hydrogen-bond donors (Lipinski definition) is 3. The molecule has 1 aromatic carbocycles. The van der Waals surface area contributed by atoms with Gasteiger partial charge in [-0.15, -0.1) is 0 Å². The van der Waals surface area contributed by atoms with Crippen LogP contribution in [0, 0.1) is 5.82 Å². The Morgan fingerprint density at radius 1 is 1.15 bits per heavy atom. The third-order valence-corrected chi connectivity index (χ3v) is 6.92. The van der Waals surface area contributed by atoms with Crippen molar-refractivity contribution >= 4 is 40.8 Å². The van der Waals surface area contributed by atoms with Crippen LogP contribution in [0.2, 0.25) is 5.15 Å². The molecule has 5 rings (SSSR count). The molecule has 0 saturated heterocycles. The number of benzene rings is 1.